The van der Waals surface area contributed by atoms with E-state index in [0.717, 1.165) is 19.3 Å². The number of hydrogen-bond donors (Lipinski definition) is 1. The first-order valence-corrected chi connectivity index (χ1v) is 4.93. The number of aromatic nitrogens is 1. The molecule has 1 aliphatic rings. The van der Waals surface area contributed by atoms with Gasteiger partial charge in [-0.15, -0.1) is 0 Å². The molecule has 0 saturated heterocycles. The van der Waals surface area contributed by atoms with Gasteiger partial charge in [0.2, 0.25) is 0 Å². The van der Waals surface area contributed by atoms with Crippen LogP contribution >= 0.6 is 0 Å². The highest BCUT2D eigenvalue weighted by molar-refractivity contribution is 5.10. The third-order valence-electron chi connectivity index (χ3n) is 2.84. The molecule has 2 heteroatoms. The fraction of sp³-hybridized carbons (Fsp3) is 0.545. The number of aliphatic hydroxyl groups is 1. The van der Waals surface area contributed by atoms with Crippen LogP contribution in [0.2, 0.25) is 0 Å². The maximum Gasteiger partial charge on any atom is 0.0571 e. The van der Waals surface area contributed by atoms with Crippen LogP contribution < -0.4 is 0 Å². The Kier molecular flexibility index (Phi) is 2.60. The molecule has 0 spiro atoms. The molecule has 2 unspecified atom stereocenters. The number of nitrogens with zero attached hydrogens (tertiary/aromatic N) is 1. The minimum atomic E-state index is -0.0831. The van der Waals surface area contributed by atoms with Gasteiger partial charge in [0.15, 0.2) is 0 Å². The number of rotatable bonds is 2. The van der Waals surface area contributed by atoms with Crippen molar-refractivity contribution in [2.45, 2.75) is 31.8 Å². The van der Waals surface area contributed by atoms with Crippen molar-refractivity contribution in [1.29, 1.82) is 0 Å². The quantitative estimate of drug-likeness (QED) is 0.747. The Morgan fingerprint density at radius 2 is 2.38 bits per heavy atom. The van der Waals surface area contributed by atoms with Crippen LogP contribution in [0, 0.1) is 5.92 Å². The minimum absolute atomic E-state index is 0.0831. The van der Waals surface area contributed by atoms with Crippen LogP contribution in [0.1, 0.15) is 24.8 Å². The van der Waals surface area contributed by atoms with Gasteiger partial charge in [-0.3, -0.25) is 4.98 Å². The molecule has 1 aromatic heterocycles. The van der Waals surface area contributed by atoms with Crippen LogP contribution in [0.25, 0.3) is 0 Å². The molecule has 2 nitrogen and oxygen atoms in total. The van der Waals surface area contributed by atoms with Crippen LogP contribution in [0.4, 0.5) is 0 Å². The standard InChI is InChI=1S/C11H15NO/c13-11-5-1-4-10(11)7-9-3-2-6-12-8-9/h2-3,6,8,10-11,13H,1,4-5,7H2. The molecule has 2 rings (SSSR count). The van der Waals surface area contributed by atoms with Crippen molar-refractivity contribution in [1.82, 2.24) is 4.98 Å². The Balaban J connectivity index is 1.98. The van der Waals surface area contributed by atoms with Crippen molar-refractivity contribution in [2.24, 2.45) is 5.92 Å². The average molecular weight is 177 g/mol. The summed E-state index contributed by atoms with van der Waals surface area (Å²) in [5.74, 6) is 0.462. The summed E-state index contributed by atoms with van der Waals surface area (Å²) in [6.07, 6.45) is 7.89. The maximum atomic E-state index is 9.63. The van der Waals surface area contributed by atoms with E-state index in [0.29, 0.717) is 5.92 Å². The molecule has 0 amide bonds. The van der Waals surface area contributed by atoms with Gasteiger partial charge in [0, 0.05) is 12.4 Å². The van der Waals surface area contributed by atoms with E-state index in [-0.39, 0.29) is 6.10 Å². The van der Waals surface area contributed by atoms with Crippen LogP contribution in [0.5, 0.6) is 0 Å². The Bertz CT molecular complexity index is 260. The van der Waals surface area contributed by atoms with E-state index in [4.69, 9.17) is 0 Å². The summed E-state index contributed by atoms with van der Waals surface area (Å²) in [7, 11) is 0. The molecule has 1 aliphatic carbocycles. The van der Waals surface area contributed by atoms with Gasteiger partial charge in [0.05, 0.1) is 6.10 Å². The predicted molar refractivity (Wildman–Crippen MR) is 51.3 cm³/mol. The predicted octanol–water partition coefficient (Wildman–Crippen LogP) is 1.79. The molecular formula is C11H15NO. The van der Waals surface area contributed by atoms with Gasteiger partial charge in [-0.1, -0.05) is 12.5 Å². The maximum absolute atomic E-state index is 9.63. The van der Waals surface area contributed by atoms with E-state index in [1.807, 2.05) is 12.3 Å². The molecular weight excluding hydrogens is 162 g/mol. The van der Waals surface area contributed by atoms with Gasteiger partial charge in [-0.05, 0) is 36.8 Å². The Hall–Kier alpha value is -0.890. The molecule has 0 radical (unpaired) electrons. The first-order valence-electron chi connectivity index (χ1n) is 4.93. The number of aliphatic hydroxyl groups excluding tert-OH is 1. The molecule has 1 aromatic rings. The molecule has 1 N–H and O–H groups in total. The minimum Gasteiger partial charge on any atom is -0.393 e. The van der Waals surface area contributed by atoms with Gasteiger partial charge in [-0.25, -0.2) is 0 Å². The molecule has 1 heterocycles. The number of pyridine rings is 1. The molecule has 2 atom stereocenters. The van der Waals surface area contributed by atoms with Crippen molar-refractivity contribution in [3.8, 4) is 0 Å². The van der Waals surface area contributed by atoms with Gasteiger partial charge in [-0.2, -0.15) is 0 Å². The summed E-state index contributed by atoms with van der Waals surface area (Å²) in [5, 5.41) is 9.63. The fourth-order valence-corrected chi connectivity index (χ4v) is 2.08. The van der Waals surface area contributed by atoms with Crippen molar-refractivity contribution in [2.75, 3.05) is 0 Å². The molecule has 1 saturated carbocycles. The Morgan fingerprint density at radius 1 is 1.46 bits per heavy atom. The molecule has 13 heavy (non-hydrogen) atoms. The highest BCUT2D eigenvalue weighted by Gasteiger charge is 2.24. The van der Waals surface area contributed by atoms with Crippen LogP contribution in [-0.4, -0.2) is 16.2 Å². The van der Waals surface area contributed by atoms with E-state index >= 15 is 0 Å². The van der Waals surface area contributed by atoms with Crippen LogP contribution in [0.15, 0.2) is 24.5 Å². The third-order valence-corrected chi connectivity index (χ3v) is 2.84. The second kappa shape index (κ2) is 3.88. The molecule has 1 fully saturated rings. The van der Waals surface area contributed by atoms with Crippen molar-refractivity contribution in [3.63, 3.8) is 0 Å². The zero-order chi connectivity index (χ0) is 9.10. The van der Waals surface area contributed by atoms with Crippen LogP contribution in [-0.2, 0) is 6.42 Å². The molecule has 0 aromatic carbocycles. The SMILES string of the molecule is OC1CCCC1Cc1cccnc1. The lowest BCUT2D eigenvalue weighted by Gasteiger charge is -2.13. The summed E-state index contributed by atoms with van der Waals surface area (Å²) >= 11 is 0. The van der Waals surface area contributed by atoms with Gasteiger partial charge in [0.25, 0.3) is 0 Å². The van der Waals surface area contributed by atoms with E-state index in [1.165, 1.54) is 12.0 Å². The molecule has 70 valence electrons. The van der Waals surface area contributed by atoms with Gasteiger partial charge >= 0.3 is 0 Å². The highest BCUT2D eigenvalue weighted by atomic mass is 16.3. The van der Waals surface area contributed by atoms with E-state index in [2.05, 4.69) is 11.1 Å². The van der Waals surface area contributed by atoms with Gasteiger partial charge < -0.3 is 5.11 Å². The lowest BCUT2D eigenvalue weighted by molar-refractivity contribution is 0.132. The lowest BCUT2D eigenvalue weighted by Crippen LogP contribution is -2.15. The summed E-state index contributed by atoms with van der Waals surface area (Å²) in [4.78, 5) is 4.07. The topological polar surface area (TPSA) is 33.1 Å². The summed E-state index contributed by atoms with van der Waals surface area (Å²) in [6.45, 7) is 0. The van der Waals surface area contributed by atoms with E-state index < -0.39 is 0 Å². The largest absolute Gasteiger partial charge is 0.393 e. The Morgan fingerprint density at radius 3 is 3.00 bits per heavy atom. The third kappa shape index (κ3) is 2.07. The van der Waals surface area contributed by atoms with Crippen molar-refractivity contribution in [3.05, 3.63) is 30.1 Å². The molecule has 0 bridgehead atoms. The first-order chi connectivity index (χ1) is 6.36. The average Bonchev–Trinajstić information content (AvgIpc) is 2.54. The van der Waals surface area contributed by atoms with E-state index in [1.54, 1.807) is 6.20 Å². The van der Waals surface area contributed by atoms with Gasteiger partial charge in [0.1, 0.15) is 0 Å². The highest BCUT2D eigenvalue weighted by Crippen LogP contribution is 2.28. The van der Waals surface area contributed by atoms with Crippen molar-refractivity contribution >= 4 is 0 Å². The normalized spacial score (nSPS) is 27.8. The number of hydrogen-bond acceptors (Lipinski definition) is 2. The summed E-state index contributed by atoms with van der Waals surface area (Å²) in [5.41, 5.74) is 1.24. The monoisotopic (exact) mass is 177 g/mol. The smallest absolute Gasteiger partial charge is 0.0571 e. The fourth-order valence-electron chi connectivity index (χ4n) is 2.08. The second-order valence-corrected chi connectivity index (χ2v) is 3.82. The summed E-state index contributed by atoms with van der Waals surface area (Å²) < 4.78 is 0. The zero-order valence-electron chi connectivity index (χ0n) is 7.69. The molecule has 0 aliphatic heterocycles. The lowest BCUT2D eigenvalue weighted by atomic mass is 9.97. The summed E-state index contributed by atoms with van der Waals surface area (Å²) in [6, 6.07) is 4.04. The van der Waals surface area contributed by atoms with E-state index in [9.17, 15) is 5.11 Å². The first kappa shape index (κ1) is 8.70. The Labute approximate surface area is 78.6 Å². The van der Waals surface area contributed by atoms with Crippen molar-refractivity contribution < 1.29 is 5.11 Å². The second-order valence-electron chi connectivity index (χ2n) is 3.82. The van der Waals surface area contributed by atoms with Crippen LogP contribution in [0.3, 0.4) is 0 Å². The zero-order valence-corrected chi connectivity index (χ0v) is 7.69.